The van der Waals surface area contributed by atoms with Gasteiger partial charge in [0.15, 0.2) is 0 Å². The van der Waals surface area contributed by atoms with Crippen LogP contribution < -0.4 is 5.73 Å². The second-order valence-corrected chi connectivity index (χ2v) is 1.48. The minimum Gasteiger partial charge on any atom is -0.480 e. The maximum absolute atomic E-state index is 9.66. The molecule has 0 rings (SSSR count). The molecular formula is C5H9NO6. The molecule has 0 aliphatic heterocycles. The summed E-state index contributed by atoms with van der Waals surface area (Å²) in [7, 11) is 0. The molecule has 7 nitrogen and oxygen atoms in total. The lowest BCUT2D eigenvalue weighted by molar-refractivity contribution is -0.150. The summed E-state index contributed by atoms with van der Waals surface area (Å²) in [5, 5.41) is 23.0. The van der Waals surface area contributed by atoms with Crippen molar-refractivity contribution in [3.05, 3.63) is 0 Å². The van der Waals surface area contributed by atoms with Gasteiger partial charge >= 0.3 is 11.9 Å². The van der Waals surface area contributed by atoms with E-state index in [1.54, 1.807) is 0 Å². The zero-order chi connectivity index (χ0) is 10.1. The number of ketones is 1. The summed E-state index contributed by atoms with van der Waals surface area (Å²) in [4.78, 5) is 28.3. The number of hydrogen-bond acceptors (Lipinski definition) is 5. The number of aliphatic hydroxyl groups excluding tert-OH is 1. The van der Waals surface area contributed by atoms with Gasteiger partial charge in [0.2, 0.25) is 0 Å². The van der Waals surface area contributed by atoms with Crippen molar-refractivity contribution in [2.75, 3.05) is 13.2 Å². The highest BCUT2D eigenvalue weighted by Gasteiger charge is 2.06. The highest BCUT2D eigenvalue weighted by molar-refractivity contribution is 6.33. The quantitative estimate of drug-likeness (QED) is 0.356. The first-order valence-corrected chi connectivity index (χ1v) is 2.74. The molecule has 0 aliphatic carbocycles. The van der Waals surface area contributed by atoms with Gasteiger partial charge < -0.3 is 21.1 Å². The molecule has 0 unspecified atom stereocenters. The summed E-state index contributed by atoms with van der Waals surface area (Å²) >= 11 is 0. The standard InChI is InChI=1S/C3H4O4.C2H5NO2/c4-1-2(5)3(6)7;3-1-2(4)5/h4H,1H2,(H,6,7);1,3H2,(H,4,5). The summed E-state index contributed by atoms with van der Waals surface area (Å²) in [5.74, 6) is -3.74. The number of aliphatic hydroxyl groups is 1. The molecule has 0 amide bonds. The lowest BCUT2D eigenvalue weighted by Crippen LogP contribution is -2.15. The number of aliphatic carboxylic acids is 2. The van der Waals surface area contributed by atoms with Crippen molar-refractivity contribution in [3.8, 4) is 0 Å². The van der Waals surface area contributed by atoms with Gasteiger partial charge in [0, 0.05) is 0 Å². The molecule has 0 heterocycles. The average Bonchev–Trinajstić information content (AvgIpc) is 2.04. The first-order valence-electron chi connectivity index (χ1n) is 2.74. The molecule has 5 N–H and O–H groups in total. The van der Waals surface area contributed by atoms with Crippen LogP contribution in [-0.2, 0) is 14.4 Å². The second kappa shape index (κ2) is 7.63. The Labute approximate surface area is 67.4 Å². The average molecular weight is 179 g/mol. The molecule has 0 saturated carbocycles. The number of rotatable bonds is 3. The zero-order valence-corrected chi connectivity index (χ0v) is 6.06. The monoisotopic (exact) mass is 179 g/mol. The van der Waals surface area contributed by atoms with Crippen LogP contribution in [0.25, 0.3) is 0 Å². The molecule has 0 aliphatic rings. The topological polar surface area (TPSA) is 138 Å². The highest BCUT2D eigenvalue weighted by Crippen LogP contribution is 1.65. The number of carbonyl (C=O) groups excluding carboxylic acids is 1. The molecule has 0 spiro atoms. The number of Topliss-reactive ketones (excluding diaryl/α,β-unsaturated/α-hetero) is 1. The van der Waals surface area contributed by atoms with Crippen LogP contribution in [0.15, 0.2) is 0 Å². The Balaban J connectivity index is 0. The molecule has 70 valence electrons. The predicted molar refractivity (Wildman–Crippen MR) is 36.4 cm³/mol. The molecule has 0 aromatic carbocycles. The third kappa shape index (κ3) is 11.3. The van der Waals surface area contributed by atoms with Crippen molar-refractivity contribution in [3.63, 3.8) is 0 Å². The second-order valence-electron chi connectivity index (χ2n) is 1.48. The van der Waals surface area contributed by atoms with Crippen LogP contribution >= 0.6 is 0 Å². The lowest BCUT2D eigenvalue weighted by Gasteiger charge is -1.80. The van der Waals surface area contributed by atoms with E-state index < -0.39 is 24.3 Å². The fourth-order valence-corrected chi connectivity index (χ4v) is 0.0676. The molecule has 0 radical (unpaired) electrons. The summed E-state index contributed by atoms with van der Waals surface area (Å²) < 4.78 is 0. The smallest absolute Gasteiger partial charge is 0.374 e. The van der Waals surface area contributed by atoms with Crippen molar-refractivity contribution < 1.29 is 29.7 Å². The van der Waals surface area contributed by atoms with Crippen molar-refractivity contribution in [1.29, 1.82) is 0 Å². The van der Waals surface area contributed by atoms with E-state index in [0.29, 0.717) is 0 Å². The zero-order valence-electron chi connectivity index (χ0n) is 6.06. The van der Waals surface area contributed by atoms with Crippen molar-refractivity contribution in [1.82, 2.24) is 0 Å². The van der Waals surface area contributed by atoms with E-state index in [1.165, 1.54) is 0 Å². The van der Waals surface area contributed by atoms with Gasteiger partial charge in [-0.2, -0.15) is 0 Å². The van der Waals surface area contributed by atoms with Gasteiger partial charge in [-0.05, 0) is 0 Å². The van der Waals surface area contributed by atoms with Gasteiger partial charge in [0.05, 0.1) is 6.54 Å². The molecule has 7 heteroatoms. The normalized spacial score (nSPS) is 7.83. The van der Waals surface area contributed by atoms with Crippen LogP contribution in [0.5, 0.6) is 0 Å². The Kier molecular flexibility index (Phi) is 8.36. The third-order valence-electron chi connectivity index (χ3n) is 0.557. The molecular weight excluding hydrogens is 170 g/mol. The van der Waals surface area contributed by atoms with Crippen molar-refractivity contribution in [2.45, 2.75) is 0 Å². The Morgan fingerprint density at radius 1 is 1.17 bits per heavy atom. The van der Waals surface area contributed by atoms with Crippen LogP contribution in [0.4, 0.5) is 0 Å². The SMILES string of the molecule is NCC(=O)O.O=C(O)C(=O)CO. The predicted octanol–water partition coefficient (Wildman–Crippen LogP) is -2.34. The summed E-state index contributed by atoms with van der Waals surface area (Å²) in [5.41, 5.74) is 4.57. The molecule has 0 bridgehead atoms. The van der Waals surface area contributed by atoms with E-state index in [9.17, 15) is 14.4 Å². The van der Waals surface area contributed by atoms with Crippen LogP contribution in [0.2, 0.25) is 0 Å². The minimum absolute atomic E-state index is 0.278. The van der Waals surface area contributed by atoms with E-state index >= 15 is 0 Å². The van der Waals surface area contributed by atoms with Gasteiger partial charge in [-0.25, -0.2) is 4.79 Å². The first kappa shape index (κ1) is 13.1. The van der Waals surface area contributed by atoms with Crippen molar-refractivity contribution in [2.24, 2.45) is 5.73 Å². The van der Waals surface area contributed by atoms with E-state index in [2.05, 4.69) is 5.73 Å². The van der Waals surface area contributed by atoms with Gasteiger partial charge in [-0.3, -0.25) is 9.59 Å². The fourth-order valence-electron chi connectivity index (χ4n) is 0.0676. The minimum atomic E-state index is -1.59. The molecule has 0 atom stereocenters. The Bertz CT molecular complexity index is 177. The number of carboxylic acids is 2. The van der Waals surface area contributed by atoms with E-state index in [4.69, 9.17) is 15.3 Å². The number of nitrogens with two attached hydrogens (primary N) is 1. The van der Waals surface area contributed by atoms with Crippen LogP contribution in [0.1, 0.15) is 0 Å². The van der Waals surface area contributed by atoms with Crippen LogP contribution in [-0.4, -0.2) is 46.2 Å². The molecule has 0 aromatic rings. The highest BCUT2D eigenvalue weighted by atomic mass is 16.4. The Morgan fingerprint density at radius 3 is 1.50 bits per heavy atom. The first-order chi connectivity index (χ1) is 5.45. The molecule has 0 saturated heterocycles. The van der Waals surface area contributed by atoms with Crippen LogP contribution in [0, 0.1) is 0 Å². The third-order valence-corrected chi connectivity index (χ3v) is 0.557. The molecule has 0 aromatic heterocycles. The van der Waals surface area contributed by atoms with Gasteiger partial charge in [-0.1, -0.05) is 0 Å². The summed E-state index contributed by atoms with van der Waals surface area (Å²) in [6, 6.07) is 0. The van der Waals surface area contributed by atoms with Crippen LogP contribution in [0.3, 0.4) is 0 Å². The van der Waals surface area contributed by atoms with Gasteiger partial charge in [0.1, 0.15) is 6.61 Å². The fraction of sp³-hybridized carbons (Fsp3) is 0.400. The van der Waals surface area contributed by atoms with E-state index in [-0.39, 0.29) is 6.54 Å². The largest absolute Gasteiger partial charge is 0.480 e. The number of hydrogen-bond donors (Lipinski definition) is 4. The number of carboxylic acid groups (broad SMARTS) is 2. The lowest BCUT2D eigenvalue weighted by atomic mass is 10.4. The number of carbonyl (C=O) groups is 3. The Morgan fingerprint density at radius 2 is 1.50 bits per heavy atom. The Hall–Kier alpha value is -1.47. The molecule has 12 heavy (non-hydrogen) atoms. The maximum Gasteiger partial charge on any atom is 0.374 e. The van der Waals surface area contributed by atoms with Crippen molar-refractivity contribution >= 4 is 17.7 Å². The summed E-state index contributed by atoms with van der Waals surface area (Å²) in [6.07, 6.45) is 0. The molecule has 0 fully saturated rings. The van der Waals surface area contributed by atoms with Gasteiger partial charge in [-0.15, -0.1) is 0 Å². The summed E-state index contributed by atoms with van der Waals surface area (Å²) in [6.45, 7) is -1.20. The van der Waals surface area contributed by atoms with Gasteiger partial charge in [0.25, 0.3) is 5.78 Å². The van der Waals surface area contributed by atoms with E-state index in [0.717, 1.165) is 0 Å². The van der Waals surface area contributed by atoms with E-state index in [1.807, 2.05) is 0 Å². The maximum atomic E-state index is 9.66.